The number of imidazole rings is 1. The molecule has 4 nitrogen and oxygen atoms in total. The van der Waals surface area contributed by atoms with E-state index in [2.05, 4.69) is 4.98 Å². The van der Waals surface area contributed by atoms with Crippen LogP contribution in [-0.2, 0) is 6.54 Å². The van der Waals surface area contributed by atoms with E-state index < -0.39 is 13.5 Å². The Bertz CT molecular complexity index is 788. The van der Waals surface area contributed by atoms with Gasteiger partial charge in [-0.25, -0.2) is 13.8 Å². The van der Waals surface area contributed by atoms with Crippen molar-refractivity contribution in [2.24, 2.45) is 0 Å². The first-order valence-electron chi connectivity index (χ1n) is 6.73. The van der Waals surface area contributed by atoms with E-state index in [0.717, 1.165) is 5.56 Å². The highest BCUT2D eigenvalue weighted by Crippen LogP contribution is 2.26. The van der Waals surface area contributed by atoms with Crippen LogP contribution in [0.15, 0.2) is 48.8 Å². The van der Waals surface area contributed by atoms with Crippen LogP contribution < -0.4 is 5.46 Å². The fourth-order valence-corrected chi connectivity index (χ4v) is 2.40. The number of halogens is 2. The number of rotatable bonds is 4. The summed E-state index contributed by atoms with van der Waals surface area (Å²) < 4.78 is 27.7. The molecule has 112 valence electrons. The molecular weight excluding hydrogens is 289 g/mol. The van der Waals surface area contributed by atoms with Crippen molar-refractivity contribution in [3.8, 4) is 0 Å². The van der Waals surface area contributed by atoms with E-state index >= 15 is 0 Å². The quantitative estimate of drug-likeness (QED) is 0.721. The molecule has 0 saturated heterocycles. The lowest BCUT2D eigenvalue weighted by atomic mass is 9.80. The average Bonchev–Trinajstić information content (AvgIpc) is 2.91. The number of hydrogen-bond donors (Lipinski definition) is 2. The lowest BCUT2D eigenvalue weighted by molar-refractivity contribution is 0.153. The van der Waals surface area contributed by atoms with Gasteiger partial charge in [0.1, 0.15) is 0 Å². The summed E-state index contributed by atoms with van der Waals surface area (Å²) in [5, 5.41) is 18.1. The van der Waals surface area contributed by atoms with E-state index in [0.29, 0.717) is 23.0 Å². The Labute approximate surface area is 125 Å². The van der Waals surface area contributed by atoms with Gasteiger partial charge in [0.2, 0.25) is 0 Å². The molecule has 0 spiro atoms. The van der Waals surface area contributed by atoms with Crippen molar-refractivity contribution >= 4 is 23.6 Å². The Hall–Kier alpha value is -2.25. The molecule has 3 aromatic rings. The van der Waals surface area contributed by atoms with Gasteiger partial charge < -0.3 is 14.6 Å². The van der Waals surface area contributed by atoms with Crippen LogP contribution >= 0.6 is 0 Å². The summed E-state index contributed by atoms with van der Waals surface area (Å²) in [6, 6.07) is 11.5. The van der Waals surface area contributed by atoms with E-state index in [-0.39, 0.29) is 5.56 Å². The van der Waals surface area contributed by atoms with Gasteiger partial charge >= 0.3 is 7.12 Å². The molecule has 1 heterocycles. The third-order valence-electron chi connectivity index (χ3n) is 3.55. The minimum atomic E-state index is -2.56. The number of hydrogen-bond acceptors (Lipinski definition) is 3. The van der Waals surface area contributed by atoms with Crippen molar-refractivity contribution in [2.45, 2.75) is 13.0 Å². The molecule has 2 aromatic carbocycles. The van der Waals surface area contributed by atoms with Gasteiger partial charge in [-0.15, -0.1) is 0 Å². The molecule has 0 bridgehead atoms. The molecule has 0 aliphatic heterocycles. The molecule has 0 amide bonds. The van der Waals surface area contributed by atoms with Gasteiger partial charge in [0, 0.05) is 12.1 Å². The average molecular weight is 302 g/mol. The predicted molar refractivity (Wildman–Crippen MR) is 80.1 cm³/mol. The molecule has 0 radical (unpaired) electrons. The van der Waals surface area contributed by atoms with Crippen molar-refractivity contribution in [3.05, 3.63) is 59.9 Å². The largest absolute Gasteiger partial charge is 0.488 e. The molecule has 0 unspecified atom stereocenters. The van der Waals surface area contributed by atoms with E-state index in [1.54, 1.807) is 41.0 Å². The monoisotopic (exact) mass is 302 g/mol. The fraction of sp³-hybridized carbons (Fsp3) is 0.133. The summed E-state index contributed by atoms with van der Waals surface area (Å²) in [6.45, 7) is 0.463. The number of fused-ring (bicyclic) bond motifs is 1. The molecule has 1 aromatic heterocycles. The van der Waals surface area contributed by atoms with E-state index in [1.807, 2.05) is 0 Å². The second kappa shape index (κ2) is 5.86. The first-order chi connectivity index (χ1) is 10.6. The van der Waals surface area contributed by atoms with Crippen molar-refractivity contribution < 1.29 is 18.8 Å². The maximum atomic E-state index is 13.0. The number of aromatic nitrogens is 2. The Morgan fingerprint density at radius 1 is 1.09 bits per heavy atom. The maximum absolute atomic E-state index is 13.0. The minimum absolute atomic E-state index is 0.0741. The Morgan fingerprint density at radius 3 is 2.45 bits per heavy atom. The van der Waals surface area contributed by atoms with Gasteiger partial charge in [0.15, 0.2) is 0 Å². The van der Waals surface area contributed by atoms with Gasteiger partial charge in [-0.2, -0.15) is 0 Å². The Kier molecular flexibility index (Phi) is 3.91. The third-order valence-corrected chi connectivity index (χ3v) is 3.55. The summed E-state index contributed by atoms with van der Waals surface area (Å²) in [7, 11) is -1.50. The highest BCUT2D eigenvalue weighted by Gasteiger charge is 2.15. The van der Waals surface area contributed by atoms with Crippen LogP contribution in [0.2, 0.25) is 0 Å². The van der Waals surface area contributed by atoms with Crippen LogP contribution in [0.5, 0.6) is 0 Å². The van der Waals surface area contributed by atoms with Gasteiger partial charge in [0.05, 0.1) is 17.4 Å². The van der Waals surface area contributed by atoms with E-state index in [1.165, 1.54) is 12.4 Å². The molecular formula is C15H13BF2N2O2. The second-order valence-electron chi connectivity index (χ2n) is 5.00. The van der Waals surface area contributed by atoms with Gasteiger partial charge in [0.25, 0.3) is 6.43 Å². The van der Waals surface area contributed by atoms with E-state index in [9.17, 15) is 8.78 Å². The van der Waals surface area contributed by atoms with Crippen LogP contribution in [-0.4, -0.2) is 26.7 Å². The number of alkyl halides is 2. The predicted octanol–water partition coefficient (Wildman–Crippen LogP) is 1.70. The standard InChI is InChI=1S/C15H13BF2N2O2/c17-15(18)12-2-1-3-13-14(12)19-9-20(13)8-10-4-6-11(7-5-10)16(21)22/h1-7,9,15,21-22H,8H2. The topological polar surface area (TPSA) is 58.3 Å². The van der Waals surface area contributed by atoms with Crippen molar-refractivity contribution in [1.82, 2.24) is 9.55 Å². The Balaban J connectivity index is 1.93. The van der Waals surface area contributed by atoms with Crippen LogP contribution in [0, 0.1) is 0 Å². The van der Waals surface area contributed by atoms with Crippen LogP contribution in [0.4, 0.5) is 8.78 Å². The summed E-state index contributed by atoms with van der Waals surface area (Å²) in [5.41, 5.74) is 2.18. The molecule has 0 saturated carbocycles. The van der Waals surface area contributed by atoms with Crippen molar-refractivity contribution in [1.29, 1.82) is 0 Å². The molecule has 3 rings (SSSR count). The zero-order valence-electron chi connectivity index (χ0n) is 11.5. The smallest absolute Gasteiger partial charge is 0.423 e. The normalized spacial score (nSPS) is 11.3. The van der Waals surface area contributed by atoms with Gasteiger partial charge in [-0.05, 0) is 17.1 Å². The maximum Gasteiger partial charge on any atom is 0.488 e. The zero-order chi connectivity index (χ0) is 15.7. The van der Waals surface area contributed by atoms with Crippen LogP contribution in [0.25, 0.3) is 11.0 Å². The highest BCUT2D eigenvalue weighted by molar-refractivity contribution is 6.58. The fourth-order valence-electron chi connectivity index (χ4n) is 2.40. The first kappa shape index (κ1) is 14.7. The summed E-state index contributed by atoms with van der Waals surface area (Å²) in [5.74, 6) is 0. The molecule has 0 aliphatic carbocycles. The van der Waals surface area contributed by atoms with Crippen molar-refractivity contribution in [2.75, 3.05) is 0 Å². The number of benzene rings is 2. The van der Waals surface area contributed by atoms with Crippen LogP contribution in [0.3, 0.4) is 0 Å². The van der Waals surface area contributed by atoms with Gasteiger partial charge in [-0.3, -0.25) is 0 Å². The lowest BCUT2D eigenvalue weighted by Crippen LogP contribution is -2.29. The van der Waals surface area contributed by atoms with E-state index in [4.69, 9.17) is 10.0 Å². The second-order valence-corrected chi connectivity index (χ2v) is 5.00. The van der Waals surface area contributed by atoms with Gasteiger partial charge in [-0.1, -0.05) is 36.4 Å². The lowest BCUT2D eigenvalue weighted by Gasteiger charge is -2.07. The zero-order valence-corrected chi connectivity index (χ0v) is 11.5. The summed E-state index contributed by atoms with van der Waals surface area (Å²) >= 11 is 0. The third kappa shape index (κ3) is 2.73. The number of nitrogens with zero attached hydrogens (tertiary/aromatic N) is 2. The summed E-state index contributed by atoms with van der Waals surface area (Å²) in [6.07, 6.45) is -1.02. The Morgan fingerprint density at radius 2 is 1.82 bits per heavy atom. The molecule has 22 heavy (non-hydrogen) atoms. The molecule has 0 fully saturated rings. The SMILES string of the molecule is OB(O)c1ccc(Cn2cnc3c(C(F)F)cccc32)cc1. The molecule has 0 atom stereocenters. The first-order valence-corrected chi connectivity index (χ1v) is 6.73. The molecule has 7 heteroatoms. The summed E-state index contributed by atoms with van der Waals surface area (Å²) in [4.78, 5) is 4.08. The minimum Gasteiger partial charge on any atom is -0.423 e. The number of para-hydroxylation sites is 1. The molecule has 2 N–H and O–H groups in total. The molecule has 0 aliphatic rings. The van der Waals surface area contributed by atoms with Crippen LogP contribution in [0.1, 0.15) is 17.6 Å². The van der Waals surface area contributed by atoms with Crippen molar-refractivity contribution in [3.63, 3.8) is 0 Å². The highest BCUT2D eigenvalue weighted by atomic mass is 19.3.